The molecule has 0 radical (unpaired) electrons. The monoisotopic (exact) mass is 785 g/mol. The molecule has 0 unspecified atom stereocenters. The number of rotatable bonds is 29. The number of aliphatic hydroxyl groups excluding tert-OH is 2. The number of benzene rings is 2. The summed E-state index contributed by atoms with van der Waals surface area (Å²) in [5.41, 5.74) is 9.71. The molecule has 2 aromatic carbocycles. The van der Waals surface area contributed by atoms with Gasteiger partial charge in [0.2, 0.25) is 0 Å². The summed E-state index contributed by atoms with van der Waals surface area (Å²) in [6.07, 6.45) is 32.5. The normalized spacial score (nSPS) is 12.1. The van der Waals surface area contributed by atoms with Gasteiger partial charge in [-0.25, -0.2) is 9.97 Å². The molecule has 2 aromatic heterocycles. The van der Waals surface area contributed by atoms with Crippen LogP contribution < -0.4 is 0 Å². The topological polar surface area (TPSA) is 66.2 Å². The van der Waals surface area contributed by atoms with E-state index in [1.165, 1.54) is 138 Å². The fourth-order valence-corrected chi connectivity index (χ4v) is 7.78. The molecule has 4 heteroatoms. The predicted molar refractivity (Wildman–Crippen MR) is 251 cm³/mol. The first kappa shape index (κ1) is 46.5. The zero-order valence-electron chi connectivity index (χ0n) is 36.8. The molecule has 58 heavy (non-hydrogen) atoms. The number of aryl methyl sites for hydroxylation is 4. The van der Waals surface area contributed by atoms with Gasteiger partial charge in [0.25, 0.3) is 0 Å². The van der Waals surface area contributed by atoms with Crippen molar-refractivity contribution in [3.8, 4) is 11.4 Å². The Labute approximate surface area is 353 Å². The highest BCUT2D eigenvalue weighted by atomic mass is 16.3. The van der Waals surface area contributed by atoms with E-state index < -0.39 is 0 Å². The second-order valence-corrected chi connectivity index (χ2v) is 16.7. The molecule has 0 bridgehead atoms. The van der Waals surface area contributed by atoms with Crippen LogP contribution in [0.3, 0.4) is 0 Å². The Morgan fingerprint density at radius 2 is 0.672 bits per heavy atom. The molecule has 2 N–H and O–H groups in total. The van der Waals surface area contributed by atoms with Gasteiger partial charge < -0.3 is 10.2 Å². The number of nitrogens with zero attached hydrogens (tertiary/aromatic N) is 2. The Balaban J connectivity index is 1.65. The van der Waals surface area contributed by atoms with Gasteiger partial charge in [0.05, 0.1) is 22.8 Å². The summed E-state index contributed by atoms with van der Waals surface area (Å²) in [6, 6.07) is 25.3. The van der Waals surface area contributed by atoms with Crippen molar-refractivity contribution in [3.63, 3.8) is 0 Å². The lowest BCUT2D eigenvalue weighted by molar-refractivity contribution is 0.514. The number of aliphatic hydroxyl groups is 2. The molecule has 0 fully saturated rings. The molecule has 0 saturated carbocycles. The van der Waals surface area contributed by atoms with E-state index in [4.69, 9.17) is 9.97 Å². The first-order chi connectivity index (χ1) is 28.4. The lowest BCUT2D eigenvalue weighted by atomic mass is 10.0. The highest BCUT2D eigenvalue weighted by Crippen LogP contribution is 2.26. The molecule has 4 aromatic rings. The average Bonchev–Trinajstić information content (AvgIpc) is 3.24. The molecule has 4 rings (SSSR count). The second-order valence-electron chi connectivity index (χ2n) is 16.7. The summed E-state index contributed by atoms with van der Waals surface area (Å²) in [7, 11) is 0. The van der Waals surface area contributed by atoms with Crippen LogP contribution in [-0.4, -0.2) is 20.2 Å². The number of aromatic nitrogens is 2. The number of hydrogen-bond donors (Lipinski definition) is 2. The highest BCUT2D eigenvalue weighted by molar-refractivity contribution is 5.78. The Hall–Kier alpha value is -4.18. The van der Waals surface area contributed by atoms with Crippen molar-refractivity contribution < 1.29 is 10.2 Å². The van der Waals surface area contributed by atoms with Crippen LogP contribution in [0.1, 0.15) is 201 Å². The van der Waals surface area contributed by atoms with Crippen molar-refractivity contribution in [2.75, 3.05) is 0 Å². The molecule has 0 aliphatic heterocycles. The maximum atomic E-state index is 11.4. The maximum Gasteiger partial charge on any atom is 0.124 e. The fourth-order valence-electron chi connectivity index (χ4n) is 7.78. The van der Waals surface area contributed by atoms with Gasteiger partial charge in [-0.1, -0.05) is 179 Å². The molecule has 0 saturated heterocycles. The van der Waals surface area contributed by atoms with Crippen LogP contribution in [0.2, 0.25) is 0 Å². The quantitative estimate of drug-likeness (QED) is 0.0425. The molecule has 4 nitrogen and oxygen atoms in total. The van der Waals surface area contributed by atoms with E-state index in [-0.39, 0.29) is 11.5 Å². The van der Waals surface area contributed by atoms with E-state index in [0.29, 0.717) is 0 Å². The summed E-state index contributed by atoms with van der Waals surface area (Å²) in [5, 5.41) is 22.8. The summed E-state index contributed by atoms with van der Waals surface area (Å²) in [6.45, 7) is 9.01. The van der Waals surface area contributed by atoms with Gasteiger partial charge in [-0.15, -0.1) is 0 Å². The Kier molecular flexibility index (Phi) is 22.1. The van der Waals surface area contributed by atoms with Gasteiger partial charge in [0.1, 0.15) is 11.5 Å². The first-order valence-electron chi connectivity index (χ1n) is 23.4. The molecule has 314 valence electrons. The van der Waals surface area contributed by atoms with E-state index in [1.807, 2.05) is 36.4 Å². The minimum Gasteiger partial charge on any atom is -0.507 e. The van der Waals surface area contributed by atoms with Crippen LogP contribution in [-0.2, 0) is 25.7 Å². The third-order valence-electron chi connectivity index (χ3n) is 11.4. The molecule has 2 heterocycles. The van der Waals surface area contributed by atoms with E-state index in [1.54, 1.807) is 0 Å². The van der Waals surface area contributed by atoms with Gasteiger partial charge in [-0.3, -0.25) is 0 Å². The van der Waals surface area contributed by atoms with Crippen molar-refractivity contribution in [1.82, 2.24) is 9.97 Å². The SMILES string of the molecule is CCCCCCCCc1cc(C=C(O)c2ccc(CCCCCC)cc2)nc(-c2cc(CCCCCCCC)cc(C=C(O)c3ccc(CCCCCC)cc3)n2)c1. The van der Waals surface area contributed by atoms with Crippen LogP contribution in [0.25, 0.3) is 35.1 Å². The number of unbranched alkanes of at least 4 members (excludes halogenated alkanes) is 16. The highest BCUT2D eigenvalue weighted by Gasteiger charge is 2.12. The van der Waals surface area contributed by atoms with Crippen LogP contribution in [0.5, 0.6) is 0 Å². The molecule has 0 aliphatic rings. The summed E-state index contributed by atoms with van der Waals surface area (Å²) in [5.74, 6) is 0.441. The minimum atomic E-state index is 0.220. The van der Waals surface area contributed by atoms with Crippen molar-refractivity contribution in [1.29, 1.82) is 0 Å². The molecular formula is C54H76N2O2. The minimum absolute atomic E-state index is 0.220. The fraction of sp³-hybridized carbons (Fsp3) is 0.519. The van der Waals surface area contributed by atoms with Crippen molar-refractivity contribution >= 4 is 23.7 Å². The van der Waals surface area contributed by atoms with Crippen LogP contribution in [0.4, 0.5) is 0 Å². The third-order valence-corrected chi connectivity index (χ3v) is 11.4. The molecular weight excluding hydrogens is 709 g/mol. The summed E-state index contributed by atoms with van der Waals surface area (Å²) < 4.78 is 0. The largest absolute Gasteiger partial charge is 0.507 e. The zero-order chi connectivity index (χ0) is 41.2. The first-order valence-corrected chi connectivity index (χ1v) is 23.4. The molecule has 0 atom stereocenters. The maximum absolute atomic E-state index is 11.4. The van der Waals surface area contributed by atoms with E-state index in [0.717, 1.165) is 72.4 Å². The molecule has 0 aliphatic carbocycles. The standard InChI is InChI=1S/C54H76N2O2/c1-5-9-13-17-19-23-27-45-37-49(41-53(57)47-33-29-43(30-34-47)25-21-15-11-7-3)55-51(39-45)52-40-46(28-24-20-18-14-10-6-2)38-50(56-52)42-54(58)48-35-31-44(32-36-48)26-22-16-12-8-4/h29-42,57-58H,5-28H2,1-4H3. The summed E-state index contributed by atoms with van der Waals surface area (Å²) >= 11 is 0. The third kappa shape index (κ3) is 17.4. The molecule has 0 spiro atoms. The van der Waals surface area contributed by atoms with Crippen molar-refractivity contribution in [3.05, 3.63) is 118 Å². The van der Waals surface area contributed by atoms with E-state index in [9.17, 15) is 10.2 Å². The van der Waals surface area contributed by atoms with Crippen LogP contribution >= 0.6 is 0 Å². The van der Waals surface area contributed by atoms with Gasteiger partial charge in [0, 0.05) is 23.3 Å². The Morgan fingerprint density at radius 3 is 1.02 bits per heavy atom. The van der Waals surface area contributed by atoms with Gasteiger partial charge in [0.15, 0.2) is 0 Å². The second kappa shape index (κ2) is 27.5. The van der Waals surface area contributed by atoms with E-state index in [2.05, 4.69) is 76.2 Å². The smallest absolute Gasteiger partial charge is 0.124 e. The number of hydrogen-bond acceptors (Lipinski definition) is 4. The van der Waals surface area contributed by atoms with E-state index >= 15 is 0 Å². The molecule has 0 amide bonds. The van der Waals surface area contributed by atoms with Gasteiger partial charge in [-0.05, 0) is 97.9 Å². The predicted octanol–water partition coefficient (Wildman–Crippen LogP) is 16.3. The van der Waals surface area contributed by atoms with Crippen molar-refractivity contribution in [2.45, 2.75) is 182 Å². The van der Waals surface area contributed by atoms with Crippen LogP contribution in [0, 0.1) is 0 Å². The Morgan fingerprint density at radius 1 is 0.379 bits per heavy atom. The zero-order valence-corrected chi connectivity index (χ0v) is 36.8. The number of pyridine rings is 2. The lowest BCUT2D eigenvalue weighted by Gasteiger charge is -2.11. The van der Waals surface area contributed by atoms with Crippen molar-refractivity contribution in [2.24, 2.45) is 0 Å². The van der Waals surface area contributed by atoms with Crippen LogP contribution in [0.15, 0.2) is 72.8 Å². The lowest BCUT2D eigenvalue weighted by Crippen LogP contribution is -1.99. The summed E-state index contributed by atoms with van der Waals surface area (Å²) in [4.78, 5) is 10.3. The van der Waals surface area contributed by atoms with Gasteiger partial charge in [-0.2, -0.15) is 0 Å². The van der Waals surface area contributed by atoms with Gasteiger partial charge >= 0.3 is 0 Å². The average molecular weight is 785 g/mol. The Bertz CT molecular complexity index is 1650.